The van der Waals surface area contributed by atoms with Crippen molar-refractivity contribution in [3.63, 3.8) is 0 Å². The fourth-order valence-electron chi connectivity index (χ4n) is 3.76. The van der Waals surface area contributed by atoms with E-state index in [4.69, 9.17) is 11.6 Å². The van der Waals surface area contributed by atoms with E-state index in [9.17, 15) is 18.4 Å². The van der Waals surface area contributed by atoms with Crippen LogP contribution in [0.2, 0.25) is 5.02 Å². The van der Waals surface area contributed by atoms with Gasteiger partial charge in [0, 0.05) is 21.8 Å². The number of nitrogens with zero attached hydrogens (tertiary/aromatic N) is 5. The van der Waals surface area contributed by atoms with Gasteiger partial charge in [-0.25, -0.2) is 8.78 Å². The summed E-state index contributed by atoms with van der Waals surface area (Å²) in [5.74, 6) is -1.70. The molecular formula is C27H25ClF2N6O2. The van der Waals surface area contributed by atoms with E-state index in [1.165, 1.54) is 53.4 Å². The molecule has 0 aliphatic heterocycles. The second kappa shape index (κ2) is 11.1. The van der Waals surface area contributed by atoms with Crippen LogP contribution >= 0.6 is 11.6 Å². The number of halogens is 3. The van der Waals surface area contributed by atoms with Crippen molar-refractivity contribution in [1.29, 1.82) is 0 Å². The lowest BCUT2D eigenvalue weighted by Crippen LogP contribution is -2.50. The Morgan fingerprint density at radius 3 is 2.11 bits per heavy atom. The molecule has 0 bridgehead atoms. The minimum absolute atomic E-state index is 0.200. The average Bonchev–Trinajstić information content (AvgIpc) is 3.31. The lowest BCUT2D eigenvalue weighted by Gasteiger charge is -2.33. The third-order valence-electron chi connectivity index (χ3n) is 5.40. The molecule has 1 aromatic heterocycles. The molecular weight excluding hydrogens is 514 g/mol. The summed E-state index contributed by atoms with van der Waals surface area (Å²) < 4.78 is 27.1. The van der Waals surface area contributed by atoms with Gasteiger partial charge in [0.05, 0.1) is 0 Å². The second-order valence-electron chi connectivity index (χ2n) is 9.58. The largest absolute Gasteiger partial charge is 0.349 e. The Hall–Kier alpha value is -4.18. The molecule has 0 spiro atoms. The zero-order valence-electron chi connectivity index (χ0n) is 20.9. The number of hydrogen-bond donors (Lipinski definition) is 1. The number of nitrogens with one attached hydrogen (secondary N) is 1. The molecule has 0 aliphatic rings. The van der Waals surface area contributed by atoms with Gasteiger partial charge < -0.3 is 5.32 Å². The second-order valence-corrected chi connectivity index (χ2v) is 10.0. The van der Waals surface area contributed by atoms with Gasteiger partial charge in [-0.15, -0.1) is 10.2 Å². The summed E-state index contributed by atoms with van der Waals surface area (Å²) in [5, 5.41) is 15.5. The normalized spacial score (nSPS) is 12.2. The van der Waals surface area contributed by atoms with E-state index in [-0.39, 0.29) is 12.4 Å². The van der Waals surface area contributed by atoms with E-state index < -0.39 is 35.0 Å². The molecule has 1 atom stereocenters. The number of anilines is 1. The van der Waals surface area contributed by atoms with Crippen molar-refractivity contribution in [2.45, 2.75) is 38.9 Å². The number of benzene rings is 3. The fourth-order valence-corrected chi connectivity index (χ4v) is 3.89. The minimum Gasteiger partial charge on any atom is -0.349 e. The number of carbonyl (C=O) groups is 2. The molecule has 0 saturated carbocycles. The maximum absolute atomic E-state index is 13.8. The monoisotopic (exact) mass is 538 g/mol. The molecule has 4 rings (SSSR count). The van der Waals surface area contributed by atoms with Crippen molar-refractivity contribution in [2.24, 2.45) is 0 Å². The molecule has 0 radical (unpaired) electrons. The van der Waals surface area contributed by atoms with Crippen LogP contribution in [-0.2, 0) is 16.1 Å². The molecule has 8 nitrogen and oxygen atoms in total. The predicted molar refractivity (Wildman–Crippen MR) is 139 cm³/mol. The van der Waals surface area contributed by atoms with Crippen LogP contribution in [0.1, 0.15) is 32.4 Å². The highest BCUT2D eigenvalue weighted by Crippen LogP contribution is 2.30. The van der Waals surface area contributed by atoms with Crippen LogP contribution in [-0.4, -0.2) is 37.6 Å². The van der Waals surface area contributed by atoms with Gasteiger partial charge in [0.2, 0.25) is 11.7 Å². The minimum atomic E-state index is -1.12. The molecule has 38 heavy (non-hydrogen) atoms. The van der Waals surface area contributed by atoms with Gasteiger partial charge in [-0.1, -0.05) is 23.7 Å². The van der Waals surface area contributed by atoms with E-state index in [0.717, 1.165) is 4.80 Å². The van der Waals surface area contributed by atoms with Crippen LogP contribution in [0, 0.1) is 11.6 Å². The van der Waals surface area contributed by atoms with Gasteiger partial charge in [-0.05, 0) is 92.2 Å². The zero-order valence-corrected chi connectivity index (χ0v) is 21.7. The van der Waals surface area contributed by atoms with E-state index in [2.05, 4.69) is 20.7 Å². The molecule has 4 aromatic rings. The number of tetrazole rings is 1. The standard InChI is InChI=1S/C27H25ClF2N6O2/c1-27(2,3)31-26(38)24(17-4-8-19(28)9-5-17)36(22-14-12-21(30)13-15-22)23(37)16-35-33-25(32-34-35)18-6-10-20(29)11-7-18/h4-15,24H,16H2,1-3H3,(H,31,38)/t24-/m0/s1. The first-order valence-corrected chi connectivity index (χ1v) is 12.1. The van der Waals surface area contributed by atoms with Crippen LogP contribution in [0.25, 0.3) is 11.4 Å². The Labute approximate surface area is 223 Å². The average molecular weight is 539 g/mol. The molecule has 2 amide bonds. The molecule has 1 heterocycles. The first-order chi connectivity index (χ1) is 18.0. The number of hydrogen-bond acceptors (Lipinski definition) is 5. The van der Waals surface area contributed by atoms with Crippen molar-refractivity contribution < 1.29 is 18.4 Å². The lowest BCUT2D eigenvalue weighted by molar-refractivity contribution is -0.128. The van der Waals surface area contributed by atoms with Crippen LogP contribution in [0.4, 0.5) is 14.5 Å². The van der Waals surface area contributed by atoms with E-state index in [0.29, 0.717) is 21.8 Å². The molecule has 0 aliphatic carbocycles. The third-order valence-corrected chi connectivity index (χ3v) is 5.65. The Morgan fingerprint density at radius 1 is 0.947 bits per heavy atom. The molecule has 11 heteroatoms. The Balaban J connectivity index is 1.73. The van der Waals surface area contributed by atoms with Crippen LogP contribution < -0.4 is 10.2 Å². The maximum atomic E-state index is 13.8. The summed E-state index contributed by atoms with van der Waals surface area (Å²) in [6, 6.07) is 16.2. The van der Waals surface area contributed by atoms with E-state index >= 15 is 0 Å². The first-order valence-electron chi connectivity index (χ1n) is 11.7. The van der Waals surface area contributed by atoms with E-state index in [1.54, 1.807) is 24.3 Å². The van der Waals surface area contributed by atoms with Crippen LogP contribution in [0.3, 0.4) is 0 Å². The van der Waals surface area contributed by atoms with Crippen LogP contribution in [0.5, 0.6) is 0 Å². The number of aromatic nitrogens is 4. The Morgan fingerprint density at radius 2 is 1.53 bits per heavy atom. The summed E-state index contributed by atoms with van der Waals surface area (Å²) in [6.45, 7) is 5.09. The topological polar surface area (TPSA) is 93.0 Å². The van der Waals surface area contributed by atoms with E-state index in [1.807, 2.05) is 20.8 Å². The highest BCUT2D eigenvalue weighted by molar-refractivity contribution is 6.30. The van der Waals surface area contributed by atoms with Gasteiger partial charge in [-0.2, -0.15) is 4.80 Å². The van der Waals surface area contributed by atoms with Crippen molar-refractivity contribution in [2.75, 3.05) is 4.90 Å². The van der Waals surface area contributed by atoms with Gasteiger partial charge in [0.25, 0.3) is 5.91 Å². The Bertz CT molecular complexity index is 1420. The third kappa shape index (κ3) is 6.57. The lowest BCUT2D eigenvalue weighted by atomic mass is 10.0. The Kier molecular flexibility index (Phi) is 7.82. The summed E-state index contributed by atoms with van der Waals surface area (Å²) in [4.78, 5) is 29.7. The molecule has 0 saturated heterocycles. The fraction of sp³-hybridized carbons (Fsp3) is 0.222. The smallest absolute Gasteiger partial charge is 0.251 e. The molecule has 3 aromatic carbocycles. The summed E-state index contributed by atoms with van der Waals surface area (Å²) >= 11 is 6.08. The first kappa shape index (κ1) is 26.9. The van der Waals surface area contributed by atoms with Crippen molar-refractivity contribution >= 4 is 29.1 Å². The quantitative estimate of drug-likeness (QED) is 0.359. The van der Waals surface area contributed by atoms with Gasteiger partial charge in [0.1, 0.15) is 24.2 Å². The van der Waals surface area contributed by atoms with Gasteiger partial charge in [-0.3, -0.25) is 14.5 Å². The van der Waals surface area contributed by atoms with Crippen molar-refractivity contribution in [1.82, 2.24) is 25.5 Å². The zero-order chi connectivity index (χ0) is 27.4. The molecule has 0 fully saturated rings. The SMILES string of the molecule is CC(C)(C)NC(=O)[C@H](c1ccc(Cl)cc1)N(C(=O)Cn1nnc(-c2ccc(F)cc2)n1)c1ccc(F)cc1. The van der Waals surface area contributed by atoms with Crippen LogP contribution in [0.15, 0.2) is 72.8 Å². The number of rotatable bonds is 7. The number of amides is 2. The summed E-state index contributed by atoms with van der Waals surface area (Å²) in [5.41, 5.74) is 0.701. The number of carbonyl (C=O) groups excluding carboxylic acids is 2. The predicted octanol–water partition coefficient (Wildman–Crippen LogP) is 4.96. The van der Waals surface area contributed by atoms with Gasteiger partial charge in [0.15, 0.2) is 0 Å². The van der Waals surface area contributed by atoms with Gasteiger partial charge >= 0.3 is 0 Å². The highest BCUT2D eigenvalue weighted by atomic mass is 35.5. The maximum Gasteiger partial charge on any atom is 0.251 e. The van der Waals surface area contributed by atoms with Crippen molar-refractivity contribution in [3.05, 3.63) is 95.0 Å². The summed E-state index contributed by atoms with van der Waals surface area (Å²) in [7, 11) is 0. The molecule has 0 unspecified atom stereocenters. The highest BCUT2D eigenvalue weighted by Gasteiger charge is 2.35. The molecule has 196 valence electrons. The van der Waals surface area contributed by atoms with Crippen molar-refractivity contribution in [3.8, 4) is 11.4 Å². The molecule has 1 N–H and O–H groups in total. The summed E-state index contributed by atoms with van der Waals surface area (Å²) in [6.07, 6.45) is 0.